The average Bonchev–Trinajstić information content (AvgIpc) is 2.42. The minimum atomic E-state index is -1.15. The van der Waals surface area contributed by atoms with Crippen molar-refractivity contribution in [3.05, 3.63) is 65.0 Å². The van der Waals surface area contributed by atoms with Crippen molar-refractivity contribution in [3.63, 3.8) is 0 Å². The molecule has 4 heteroatoms. The van der Waals surface area contributed by atoms with E-state index in [4.69, 9.17) is 0 Å². The molecule has 1 unspecified atom stereocenters. The lowest BCUT2D eigenvalue weighted by Gasteiger charge is -2.14. The number of halogens is 2. The molecule has 0 saturated carbocycles. The van der Waals surface area contributed by atoms with Gasteiger partial charge in [0.25, 0.3) is 0 Å². The minimum Gasteiger partial charge on any atom is -0.388 e. The first kappa shape index (κ1) is 13.6. The molecule has 0 spiro atoms. The quantitative estimate of drug-likeness (QED) is 0.917. The summed E-state index contributed by atoms with van der Waals surface area (Å²) >= 11 is 0. The number of aromatic nitrogens is 1. The molecule has 1 atom stereocenters. The number of hydrogen-bond donors (Lipinski definition) is 1. The highest BCUT2D eigenvalue weighted by atomic mass is 19.1. The van der Waals surface area contributed by atoms with E-state index in [9.17, 15) is 13.9 Å². The molecule has 0 radical (unpaired) electrons. The highest BCUT2D eigenvalue weighted by molar-refractivity contribution is 5.28. The van der Waals surface area contributed by atoms with Gasteiger partial charge in [0.15, 0.2) is 0 Å². The number of nitrogens with zero attached hydrogens (tertiary/aromatic N) is 1. The summed E-state index contributed by atoms with van der Waals surface area (Å²) in [4.78, 5) is 3.95. The number of aliphatic hydroxyl groups excluding tert-OH is 1. The van der Waals surface area contributed by atoms with E-state index in [0.717, 1.165) is 5.56 Å². The van der Waals surface area contributed by atoms with Crippen LogP contribution in [0.15, 0.2) is 36.7 Å². The second kappa shape index (κ2) is 5.89. The van der Waals surface area contributed by atoms with Crippen molar-refractivity contribution >= 4 is 0 Å². The Morgan fingerprint density at radius 1 is 1.26 bits per heavy atom. The second-order valence-corrected chi connectivity index (χ2v) is 4.51. The molecule has 1 aromatic carbocycles. The Labute approximate surface area is 110 Å². The molecule has 1 N–H and O–H groups in total. The SMILES string of the molecule is Cc1ccc(F)c(C(O)CCc2cccnc2)c1F. The Morgan fingerprint density at radius 2 is 2.05 bits per heavy atom. The maximum Gasteiger partial charge on any atom is 0.134 e. The number of aryl methyl sites for hydroxylation is 2. The van der Waals surface area contributed by atoms with Crippen molar-refractivity contribution in [2.75, 3.05) is 0 Å². The molecular formula is C15H15F2NO. The molecule has 0 saturated heterocycles. The van der Waals surface area contributed by atoms with Crippen LogP contribution in [-0.2, 0) is 6.42 Å². The van der Waals surface area contributed by atoms with E-state index in [1.165, 1.54) is 12.1 Å². The molecule has 2 aromatic rings. The van der Waals surface area contributed by atoms with Gasteiger partial charge in [-0.05, 0) is 43.0 Å². The van der Waals surface area contributed by atoms with E-state index >= 15 is 0 Å². The Balaban J connectivity index is 2.12. The van der Waals surface area contributed by atoms with Gasteiger partial charge in [-0.2, -0.15) is 0 Å². The summed E-state index contributed by atoms with van der Waals surface area (Å²) in [5.74, 6) is -1.37. The Bertz CT molecular complexity index is 558. The van der Waals surface area contributed by atoms with E-state index < -0.39 is 17.7 Å². The predicted octanol–water partition coefficient (Wildman–Crippen LogP) is 3.33. The fourth-order valence-electron chi connectivity index (χ4n) is 1.98. The minimum absolute atomic E-state index is 0.246. The van der Waals surface area contributed by atoms with Crippen LogP contribution >= 0.6 is 0 Å². The first-order valence-electron chi connectivity index (χ1n) is 6.11. The van der Waals surface area contributed by atoms with Crippen LogP contribution in [0, 0.1) is 18.6 Å². The van der Waals surface area contributed by atoms with Crippen LogP contribution in [-0.4, -0.2) is 10.1 Å². The van der Waals surface area contributed by atoms with Gasteiger partial charge in [-0.1, -0.05) is 12.1 Å². The molecule has 0 aliphatic rings. The third-order valence-electron chi connectivity index (χ3n) is 3.08. The molecule has 100 valence electrons. The lowest BCUT2D eigenvalue weighted by Crippen LogP contribution is -2.07. The van der Waals surface area contributed by atoms with Gasteiger partial charge in [0, 0.05) is 12.4 Å². The van der Waals surface area contributed by atoms with E-state index in [1.807, 2.05) is 6.07 Å². The lowest BCUT2D eigenvalue weighted by molar-refractivity contribution is 0.158. The normalized spacial score (nSPS) is 12.4. The van der Waals surface area contributed by atoms with Crippen molar-refractivity contribution < 1.29 is 13.9 Å². The summed E-state index contributed by atoms with van der Waals surface area (Å²) in [5.41, 5.74) is 1.01. The Morgan fingerprint density at radius 3 is 2.74 bits per heavy atom. The molecule has 0 aliphatic heterocycles. The van der Waals surface area contributed by atoms with Crippen LogP contribution in [0.4, 0.5) is 8.78 Å². The summed E-state index contributed by atoms with van der Waals surface area (Å²) in [7, 11) is 0. The van der Waals surface area contributed by atoms with Gasteiger partial charge >= 0.3 is 0 Å². The number of benzene rings is 1. The van der Waals surface area contributed by atoms with Gasteiger partial charge in [-0.15, -0.1) is 0 Å². The van der Waals surface area contributed by atoms with Crippen molar-refractivity contribution in [1.29, 1.82) is 0 Å². The molecule has 19 heavy (non-hydrogen) atoms. The van der Waals surface area contributed by atoms with Crippen LogP contribution < -0.4 is 0 Å². The lowest BCUT2D eigenvalue weighted by atomic mass is 9.99. The van der Waals surface area contributed by atoms with Crippen LogP contribution in [0.25, 0.3) is 0 Å². The second-order valence-electron chi connectivity index (χ2n) is 4.51. The zero-order valence-electron chi connectivity index (χ0n) is 10.6. The van der Waals surface area contributed by atoms with E-state index in [-0.39, 0.29) is 12.0 Å². The number of rotatable bonds is 4. The van der Waals surface area contributed by atoms with E-state index in [0.29, 0.717) is 12.0 Å². The predicted molar refractivity (Wildman–Crippen MR) is 68.6 cm³/mol. The van der Waals surface area contributed by atoms with Crippen molar-refractivity contribution in [2.24, 2.45) is 0 Å². The fourth-order valence-corrected chi connectivity index (χ4v) is 1.98. The molecule has 2 nitrogen and oxygen atoms in total. The smallest absolute Gasteiger partial charge is 0.134 e. The molecule has 0 amide bonds. The maximum atomic E-state index is 13.8. The van der Waals surface area contributed by atoms with Crippen molar-refractivity contribution in [3.8, 4) is 0 Å². The molecule has 0 fully saturated rings. The van der Waals surface area contributed by atoms with Crippen LogP contribution in [0.3, 0.4) is 0 Å². The number of pyridine rings is 1. The van der Waals surface area contributed by atoms with Gasteiger partial charge in [-0.3, -0.25) is 4.98 Å². The van der Waals surface area contributed by atoms with Crippen LogP contribution in [0.1, 0.15) is 29.2 Å². The van der Waals surface area contributed by atoms with Crippen LogP contribution in [0.2, 0.25) is 0 Å². The molecule has 1 heterocycles. The molecule has 1 aromatic heterocycles. The van der Waals surface area contributed by atoms with Crippen molar-refractivity contribution in [2.45, 2.75) is 25.9 Å². The van der Waals surface area contributed by atoms with E-state index in [1.54, 1.807) is 25.4 Å². The Kier molecular flexibility index (Phi) is 4.22. The fraction of sp³-hybridized carbons (Fsp3) is 0.267. The zero-order valence-corrected chi connectivity index (χ0v) is 10.6. The van der Waals surface area contributed by atoms with Gasteiger partial charge < -0.3 is 5.11 Å². The van der Waals surface area contributed by atoms with Crippen LogP contribution in [0.5, 0.6) is 0 Å². The maximum absolute atomic E-state index is 13.8. The summed E-state index contributed by atoms with van der Waals surface area (Å²) in [6.07, 6.45) is 2.94. The highest BCUT2D eigenvalue weighted by Crippen LogP contribution is 2.26. The monoisotopic (exact) mass is 263 g/mol. The van der Waals surface area contributed by atoms with Gasteiger partial charge in [0.1, 0.15) is 11.6 Å². The topological polar surface area (TPSA) is 33.1 Å². The number of aliphatic hydroxyl groups is 1. The van der Waals surface area contributed by atoms with E-state index in [2.05, 4.69) is 4.98 Å². The molecule has 0 aliphatic carbocycles. The Hall–Kier alpha value is -1.81. The van der Waals surface area contributed by atoms with Gasteiger partial charge in [0.05, 0.1) is 11.7 Å². The third kappa shape index (κ3) is 3.15. The summed E-state index contributed by atoms with van der Waals surface area (Å²) in [6.45, 7) is 1.55. The first-order chi connectivity index (χ1) is 9.09. The molecule has 2 rings (SSSR count). The largest absolute Gasteiger partial charge is 0.388 e. The highest BCUT2D eigenvalue weighted by Gasteiger charge is 2.19. The summed E-state index contributed by atoms with van der Waals surface area (Å²) in [5, 5.41) is 9.97. The third-order valence-corrected chi connectivity index (χ3v) is 3.08. The summed E-state index contributed by atoms with van der Waals surface area (Å²) in [6, 6.07) is 6.20. The standard InChI is InChI=1S/C15H15F2NO/c1-10-4-6-12(16)14(15(10)17)13(19)7-5-11-3-2-8-18-9-11/h2-4,6,8-9,13,19H,5,7H2,1H3. The first-order valence-corrected chi connectivity index (χ1v) is 6.11. The number of hydrogen-bond acceptors (Lipinski definition) is 2. The molecule has 0 bridgehead atoms. The summed E-state index contributed by atoms with van der Waals surface area (Å²) < 4.78 is 27.4. The van der Waals surface area contributed by atoms with Gasteiger partial charge in [-0.25, -0.2) is 8.78 Å². The average molecular weight is 263 g/mol. The van der Waals surface area contributed by atoms with Crippen molar-refractivity contribution in [1.82, 2.24) is 4.98 Å². The van der Waals surface area contributed by atoms with Gasteiger partial charge in [0.2, 0.25) is 0 Å². The zero-order chi connectivity index (χ0) is 13.8. The molecular weight excluding hydrogens is 248 g/mol.